The molecule has 6 heteroatoms. The number of hydrogen-bond acceptors (Lipinski definition) is 5. The number of rotatable bonds is 5. The lowest BCUT2D eigenvalue weighted by molar-refractivity contribution is 1.01. The first kappa shape index (κ1) is 15.1. The Kier molecular flexibility index (Phi) is 4.00. The van der Waals surface area contributed by atoms with E-state index in [4.69, 9.17) is 5.73 Å². The minimum atomic E-state index is 0.400. The number of H-pyrrole nitrogens is 1. The van der Waals surface area contributed by atoms with Gasteiger partial charge in [0.15, 0.2) is 11.6 Å². The van der Waals surface area contributed by atoms with E-state index in [0.717, 1.165) is 29.7 Å². The fourth-order valence-electron chi connectivity index (χ4n) is 2.84. The molecule has 0 saturated heterocycles. The topological polar surface area (TPSA) is 92.5 Å². The minimum Gasteiger partial charge on any atom is -0.381 e. The molecule has 6 nitrogen and oxygen atoms in total. The fraction of sp³-hybridized carbons (Fsp3) is 0.105. The van der Waals surface area contributed by atoms with E-state index >= 15 is 0 Å². The van der Waals surface area contributed by atoms with Crippen molar-refractivity contribution in [3.8, 4) is 11.3 Å². The van der Waals surface area contributed by atoms with Gasteiger partial charge in [-0.05, 0) is 30.2 Å². The molecule has 1 aromatic carbocycles. The van der Waals surface area contributed by atoms with Gasteiger partial charge in [0.1, 0.15) is 0 Å². The zero-order valence-corrected chi connectivity index (χ0v) is 13.6. The number of fused-ring (bicyclic) bond motifs is 1. The molecule has 124 valence electrons. The summed E-state index contributed by atoms with van der Waals surface area (Å²) in [4.78, 5) is 16.2. The van der Waals surface area contributed by atoms with Crippen molar-refractivity contribution in [2.75, 3.05) is 17.6 Å². The third kappa shape index (κ3) is 3.14. The van der Waals surface area contributed by atoms with Crippen LogP contribution >= 0.6 is 0 Å². The van der Waals surface area contributed by atoms with Crippen LogP contribution in [0.2, 0.25) is 0 Å². The molecule has 4 rings (SSSR count). The molecular weight excluding hydrogens is 312 g/mol. The van der Waals surface area contributed by atoms with Gasteiger partial charge in [-0.3, -0.25) is 4.98 Å². The van der Waals surface area contributed by atoms with Crippen LogP contribution in [0.4, 0.5) is 11.6 Å². The molecule has 3 heterocycles. The second kappa shape index (κ2) is 6.60. The summed E-state index contributed by atoms with van der Waals surface area (Å²) in [6.45, 7) is 0.723. The second-order valence-electron chi connectivity index (χ2n) is 5.76. The summed E-state index contributed by atoms with van der Waals surface area (Å²) in [7, 11) is 0. The first-order valence-electron chi connectivity index (χ1n) is 8.13. The molecule has 0 saturated carbocycles. The maximum atomic E-state index is 5.96. The summed E-state index contributed by atoms with van der Waals surface area (Å²) in [6.07, 6.45) is 8.06. The van der Waals surface area contributed by atoms with Crippen molar-refractivity contribution in [3.63, 3.8) is 0 Å². The van der Waals surface area contributed by atoms with E-state index < -0.39 is 0 Å². The molecule has 4 aromatic rings. The molecule has 0 fully saturated rings. The van der Waals surface area contributed by atoms with E-state index in [1.807, 2.05) is 18.2 Å². The summed E-state index contributed by atoms with van der Waals surface area (Å²) < 4.78 is 0. The number of benzene rings is 1. The van der Waals surface area contributed by atoms with E-state index in [1.54, 1.807) is 18.6 Å². The van der Waals surface area contributed by atoms with Crippen LogP contribution in [-0.4, -0.2) is 26.5 Å². The van der Waals surface area contributed by atoms with Gasteiger partial charge in [-0.25, -0.2) is 9.97 Å². The Balaban J connectivity index is 1.49. The minimum absolute atomic E-state index is 0.400. The third-order valence-corrected chi connectivity index (χ3v) is 4.14. The Bertz CT molecular complexity index is 993. The van der Waals surface area contributed by atoms with E-state index in [2.05, 4.69) is 49.6 Å². The highest BCUT2D eigenvalue weighted by Crippen LogP contribution is 2.21. The van der Waals surface area contributed by atoms with Gasteiger partial charge < -0.3 is 16.0 Å². The van der Waals surface area contributed by atoms with Crippen LogP contribution < -0.4 is 11.1 Å². The quantitative estimate of drug-likeness (QED) is 0.522. The Hall–Kier alpha value is -3.41. The van der Waals surface area contributed by atoms with Gasteiger partial charge in [0.05, 0.1) is 11.9 Å². The number of nitrogens with zero attached hydrogens (tertiary/aromatic N) is 3. The van der Waals surface area contributed by atoms with Crippen molar-refractivity contribution in [1.82, 2.24) is 19.9 Å². The average molecular weight is 330 g/mol. The molecule has 0 aliphatic rings. The lowest BCUT2D eigenvalue weighted by atomic mass is 10.1. The Morgan fingerprint density at radius 2 is 1.92 bits per heavy atom. The smallest absolute Gasteiger partial charge is 0.169 e. The number of aromatic nitrogens is 4. The molecule has 0 spiro atoms. The summed E-state index contributed by atoms with van der Waals surface area (Å²) in [5.74, 6) is 1.01. The molecule has 0 radical (unpaired) electrons. The molecule has 0 atom stereocenters. The average Bonchev–Trinajstić information content (AvgIpc) is 3.07. The van der Waals surface area contributed by atoms with E-state index in [0.29, 0.717) is 11.6 Å². The number of nitrogens with two attached hydrogens (primary N) is 1. The van der Waals surface area contributed by atoms with Crippen LogP contribution in [0.25, 0.3) is 22.2 Å². The van der Waals surface area contributed by atoms with Gasteiger partial charge in [-0.2, -0.15) is 0 Å². The Morgan fingerprint density at radius 1 is 1.08 bits per heavy atom. The first-order chi connectivity index (χ1) is 12.3. The monoisotopic (exact) mass is 330 g/mol. The van der Waals surface area contributed by atoms with Crippen molar-refractivity contribution in [2.24, 2.45) is 0 Å². The van der Waals surface area contributed by atoms with Crippen molar-refractivity contribution in [2.45, 2.75) is 6.42 Å². The Morgan fingerprint density at radius 3 is 2.80 bits per heavy atom. The second-order valence-corrected chi connectivity index (χ2v) is 5.76. The van der Waals surface area contributed by atoms with Gasteiger partial charge in [-0.1, -0.05) is 18.2 Å². The third-order valence-electron chi connectivity index (χ3n) is 4.14. The van der Waals surface area contributed by atoms with Gasteiger partial charge in [0.2, 0.25) is 0 Å². The zero-order valence-electron chi connectivity index (χ0n) is 13.6. The van der Waals surface area contributed by atoms with Crippen LogP contribution in [0.1, 0.15) is 5.56 Å². The van der Waals surface area contributed by atoms with Crippen LogP contribution in [0.5, 0.6) is 0 Å². The highest BCUT2D eigenvalue weighted by molar-refractivity contribution is 5.83. The number of hydrogen-bond donors (Lipinski definition) is 3. The number of para-hydroxylation sites is 1. The van der Waals surface area contributed by atoms with Gasteiger partial charge in [0.25, 0.3) is 0 Å². The van der Waals surface area contributed by atoms with Crippen LogP contribution in [0.3, 0.4) is 0 Å². The number of anilines is 2. The first-order valence-corrected chi connectivity index (χ1v) is 8.13. The lowest BCUT2D eigenvalue weighted by Gasteiger charge is -2.09. The van der Waals surface area contributed by atoms with Gasteiger partial charge in [-0.15, -0.1) is 0 Å². The number of nitrogens with one attached hydrogen (secondary N) is 2. The van der Waals surface area contributed by atoms with Crippen molar-refractivity contribution in [1.29, 1.82) is 0 Å². The zero-order chi connectivity index (χ0) is 17.1. The van der Waals surface area contributed by atoms with Crippen LogP contribution in [0, 0.1) is 0 Å². The molecule has 4 N–H and O–H groups in total. The molecule has 3 aromatic heterocycles. The van der Waals surface area contributed by atoms with Crippen LogP contribution in [0.15, 0.2) is 61.2 Å². The largest absolute Gasteiger partial charge is 0.381 e. The summed E-state index contributed by atoms with van der Waals surface area (Å²) in [6, 6.07) is 12.1. The molecular formula is C19H18N6. The number of nitrogen functional groups attached to an aromatic ring is 1. The molecule has 0 aliphatic heterocycles. The van der Waals surface area contributed by atoms with Crippen molar-refractivity contribution >= 4 is 22.5 Å². The normalized spacial score (nSPS) is 10.9. The number of aromatic amines is 1. The fourth-order valence-corrected chi connectivity index (χ4v) is 2.84. The SMILES string of the molecule is Nc1ncc(-c2ccncc2)nc1NCCc1c[nH]c2ccccc12. The highest BCUT2D eigenvalue weighted by atomic mass is 15.1. The summed E-state index contributed by atoms with van der Waals surface area (Å²) in [5.41, 5.74) is 10.1. The molecule has 0 amide bonds. The summed E-state index contributed by atoms with van der Waals surface area (Å²) >= 11 is 0. The maximum Gasteiger partial charge on any atom is 0.169 e. The molecule has 25 heavy (non-hydrogen) atoms. The molecule has 0 bridgehead atoms. The maximum absolute atomic E-state index is 5.96. The van der Waals surface area contributed by atoms with Crippen molar-refractivity contribution in [3.05, 3.63) is 66.7 Å². The van der Waals surface area contributed by atoms with Crippen molar-refractivity contribution < 1.29 is 0 Å². The molecule has 0 aliphatic carbocycles. The van der Waals surface area contributed by atoms with E-state index in [-0.39, 0.29) is 0 Å². The van der Waals surface area contributed by atoms with E-state index in [1.165, 1.54) is 10.9 Å². The molecule has 0 unspecified atom stereocenters. The lowest BCUT2D eigenvalue weighted by Crippen LogP contribution is -2.10. The summed E-state index contributed by atoms with van der Waals surface area (Å²) in [5, 5.41) is 4.54. The van der Waals surface area contributed by atoms with E-state index in [9.17, 15) is 0 Å². The predicted molar refractivity (Wildman–Crippen MR) is 100 cm³/mol. The Labute approximate surface area is 145 Å². The highest BCUT2D eigenvalue weighted by Gasteiger charge is 2.07. The standard InChI is InChI=1S/C19H18N6/c20-18-19(25-17(12-24-18)13-5-8-21-9-6-13)22-10-7-14-11-23-16-4-2-1-3-15(14)16/h1-6,8-9,11-12,23H,7,10H2,(H2,20,24)(H,22,25). The number of pyridine rings is 1. The van der Waals surface area contributed by atoms with Crippen LogP contribution in [-0.2, 0) is 6.42 Å². The predicted octanol–water partition coefficient (Wildman–Crippen LogP) is 3.26. The van der Waals surface area contributed by atoms with Gasteiger partial charge in [0, 0.05) is 41.6 Å². The van der Waals surface area contributed by atoms with Gasteiger partial charge >= 0.3 is 0 Å².